The minimum atomic E-state index is -3.70. The smallest absolute Gasteiger partial charge is 0.240 e. The van der Waals surface area contributed by atoms with Crippen molar-refractivity contribution in [3.8, 4) is 5.75 Å². The summed E-state index contributed by atoms with van der Waals surface area (Å²) in [6, 6.07) is 15.8. The minimum absolute atomic E-state index is 0.00740. The number of halogens is 1. The Balaban J connectivity index is 1.26. The number of likely N-dealkylation sites (tertiary alicyclic amines) is 1. The van der Waals surface area contributed by atoms with E-state index in [1.807, 2.05) is 30.3 Å². The molecule has 1 amide bonds. The molecule has 0 radical (unpaired) electrons. The fourth-order valence-electron chi connectivity index (χ4n) is 3.74. The normalized spacial score (nSPS) is 15.1. The van der Waals surface area contributed by atoms with Crippen LogP contribution in [0, 0.1) is 0 Å². The average Bonchev–Trinajstić information content (AvgIpc) is 2.80. The number of nitrogens with one attached hydrogen (secondary N) is 1. The number of piperidine rings is 1. The van der Waals surface area contributed by atoms with Crippen molar-refractivity contribution in [2.75, 3.05) is 19.6 Å². The van der Waals surface area contributed by atoms with Gasteiger partial charge in [0.15, 0.2) is 0 Å². The summed E-state index contributed by atoms with van der Waals surface area (Å²) in [4.78, 5) is 18.8. The highest BCUT2D eigenvalue weighted by molar-refractivity contribution is 7.89. The highest BCUT2D eigenvalue weighted by atomic mass is 35.5. The highest BCUT2D eigenvalue weighted by Gasteiger charge is 2.25. The summed E-state index contributed by atoms with van der Waals surface area (Å²) in [5, 5.41) is 1.37. The molecule has 1 saturated heterocycles. The zero-order chi connectivity index (χ0) is 22.6. The first-order valence-electron chi connectivity index (χ1n) is 10.5. The second-order valence-electron chi connectivity index (χ2n) is 7.63. The van der Waals surface area contributed by atoms with E-state index in [1.165, 1.54) is 12.1 Å². The number of aromatic nitrogens is 1. The van der Waals surface area contributed by atoms with Crippen LogP contribution >= 0.6 is 11.6 Å². The van der Waals surface area contributed by atoms with Gasteiger partial charge in [-0.15, -0.1) is 0 Å². The zero-order valence-electron chi connectivity index (χ0n) is 17.4. The van der Waals surface area contributed by atoms with Crippen molar-refractivity contribution in [2.24, 2.45) is 0 Å². The van der Waals surface area contributed by atoms with Crippen molar-refractivity contribution in [1.29, 1.82) is 0 Å². The molecule has 2 aromatic carbocycles. The Hall–Kier alpha value is -2.68. The number of carbonyl (C=O) groups excluding carboxylic acids is 1. The predicted octanol–water partition coefficient (Wildman–Crippen LogP) is 3.63. The lowest BCUT2D eigenvalue weighted by atomic mass is 10.1. The molecule has 1 aliphatic heterocycles. The molecule has 0 unspecified atom stereocenters. The molecule has 7 nitrogen and oxygen atoms in total. The lowest BCUT2D eigenvalue weighted by molar-refractivity contribution is -0.132. The van der Waals surface area contributed by atoms with Crippen LogP contribution in [-0.4, -0.2) is 49.9 Å². The summed E-state index contributed by atoms with van der Waals surface area (Å²) in [6.45, 7) is 1.18. The van der Waals surface area contributed by atoms with Gasteiger partial charge in [-0.25, -0.2) is 13.1 Å². The maximum absolute atomic E-state index is 12.5. The second-order valence-corrected chi connectivity index (χ2v) is 9.84. The summed E-state index contributed by atoms with van der Waals surface area (Å²) in [6.07, 6.45) is 3.27. The van der Waals surface area contributed by atoms with E-state index in [0.717, 1.165) is 16.7 Å². The van der Waals surface area contributed by atoms with Crippen molar-refractivity contribution < 1.29 is 17.9 Å². The Morgan fingerprint density at radius 1 is 1.12 bits per heavy atom. The zero-order valence-corrected chi connectivity index (χ0v) is 19.0. The van der Waals surface area contributed by atoms with Crippen LogP contribution in [0.25, 0.3) is 10.9 Å². The largest absolute Gasteiger partial charge is 0.488 e. The molecule has 1 N–H and O–H groups in total. The SMILES string of the molecule is O=C(CCNS(=O)(=O)c1cccc(Cl)c1)N1CCC(Oc2cccc3cccnc23)CC1. The number of rotatable bonds is 7. The number of nitrogens with zero attached hydrogens (tertiary/aromatic N) is 2. The number of fused-ring (bicyclic) bond motifs is 1. The standard InChI is InChI=1S/C23H24ClN3O4S/c24-18-6-2-7-20(16-18)32(29,30)26-13-9-22(28)27-14-10-19(11-15-27)31-21-8-1-4-17-5-3-12-25-23(17)21/h1-8,12,16,19,26H,9-11,13-15H2. The van der Waals surface area contributed by atoms with E-state index in [4.69, 9.17) is 16.3 Å². The highest BCUT2D eigenvalue weighted by Crippen LogP contribution is 2.26. The molecule has 32 heavy (non-hydrogen) atoms. The van der Waals surface area contributed by atoms with Gasteiger partial charge < -0.3 is 9.64 Å². The Kier molecular flexibility index (Phi) is 6.93. The van der Waals surface area contributed by atoms with Crippen LogP contribution in [0.4, 0.5) is 0 Å². The first-order valence-corrected chi connectivity index (χ1v) is 12.3. The van der Waals surface area contributed by atoms with Gasteiger partial charge in [0.25, 0.3) is 0 Å². The minimum Gasteiger partial charge on any atom is -0.488 e. The van der Waals surface area contributed by atoms with Crippen LogP contribution in [0.1, 0.15) is 19.3 Å². The van der Waals surface area contributed by atoms with Gasteiger partial charge in [-0.05, 0) is 30.3 Å². The molecule has 0 aliphatic carbocycles. The first-order chi connectivity index (χ1) is 15.4. The topological polar surface area (TPSA) is 88.6 Å². The van der Waals surface area contributed by atoms with Crippen LogP contribution in [0.15, 0.2) is 65.7 Å². The molecule has 2 heterocycles. The molecule has 9 heteroatoms. The Labute approximate surface area is 192 Å². The third kappa shape index (κ3) is 5.38. The molecule has 4 rings (SSSR count). The van der Waals surface area contributed by atoms with Gasteiger partial charge in [-0.2, -0.15) is 0 Å². The molecule has 3 aromatic rings. The van der Waals surface area contributed by atoms with Crippen LogP contribution < -0.4 is 9.46 Å². The van der Waals surface area contributed by atoms with Crippen molar-refractivity contribution in [1.82, 2.24) is 14.6 Å². The number of pyridine rings is 1. The van der Waals surface area contributed by atoms with E-state index in [-0.39, 0.29) is 29.9 Å². The number of benzene rings is 2. The fraction of sp³-hybridized carbons (Fsp3) is 0.304. The summed E-state index contributed by atoms with van der Waals surface area (Å²) >= 11 is 5.86. The number of amides is 1. The molecule has 0 spiro atoms. The van der Waals surface area contributed by atoms with E-state index in [9.17, 15) is 13.2 Å². The molecular weight excluding hydrogens is 450 g/mol. The number of hydrogen-bond acceptors (Lipinski definition) is 5. The first kappa shape index (κ1) is 22.5. The monoisotopic (exact) mass is 473 g/mol. The Morgan fingerprint density at radius 3 is 2.66 bits per heavy atom. The van der Waals surface area contributed by atoms with Crippen LogP contribution in [0.5, 0.6) is 5.75 Å². The fourth-order valence-corrected chi connectivity index (χ4v) is 5.07. The van der Waals surface area contributed by atoms with Gasteiger partial charge in [0, 0.05) is 55.5 Å². The van der Waals surface area contributed by atoms with E-state index in [2.05, 4.69) is 9.71 Å². The maximum atomic E-state index is 12.5. The van der Waals surface area contributed by atoms with Crippen LogP contribution in [-0.2, 0) is 14.8 Å². The summed E-state index contributed by atoms with van der Waals surface area (Å²) in [5.74, 6) is 0.673. The molecule has 0 atom stereocenters. The van der Waals surface area contributed by atoms with Crippen LogP contribution in [0.3, 0.4) is 0 Å². The number of carbonyl (C=O) groups is 1. The van der Waals surface area contributed by atoms with E-state index >= 15 is 0 Å². The second kappa shape index (κ2) is 9.85. The maximum Gasteiger partial charge on any atom is 0.240 e. The van der Waals surface area contributed by atoms with E-state index < -0.39 is 10.0 Å². The average molecular weight is 474 g/mol. The summed E-state index contributed by atoms with van der Waals surface area (Å²) in [5.41, 5.74) is 0.834. The lowest BCUT2D eigenvalue weighted by Gasteiger charge is -2.32. The molecular formula is C23H24ClN3O4S. The number of hydrogen-bond donors (Lipinski definition) is 1. The van der Waals surface area contributed by atoms with Crippen molar-refractivity contribution in [2.45, 2.75) is 30.3 Å². The molecule has 0 bridgehead atoms. The Bertz CT molecular complexity index is 1210. The lowest BCUT2D eigenvalue weighted by Crippen LogP contribution is -2.42. The molecule has 1 aliphatic rings. The predicted molar refractivity (Wildman–Crippen MR) is 123 cm³/mol. The third-order valence-electron chi connectivity index (χ3n) is 5.42. The van der Waals surface area contributed by atoms with E-state index in [0.29, 0.717) is 31.0 Å². The molecule has 0 saturated carbocycles. The van der Waals surface area contributed by atoms with Gasteiger partial charge in [-0.1, -0.05) is 35.9 Å². The van der Waals surface area contributed by atoms with Gasteiger partial charge in [-0.3, -0.25) is 9.78 Å². The number of para-hydroxylation sites is 1. The number of ether oxygens (including phenoxy) is 1. The Morgan fingerprint density at radius 2 is 1.88 bits per heavy atom. The van der Waals surface area contributed by atoms with Gasteiger partial charge in [0.05, 0.1) is 4.90 Å². The van der Waals surface area contributed by atoms with Crippen molar-refractivity contribution in [3.63, 3.8) is 0 Å². The number of sulfonamides is 1. The molecule has 168 valence electrons. The summed E-state index contributed by atoms with van der Waals surface area (Å²) < 4.78 is 33.3. The van der Waals surface area contributed by atoms with Gasteiger partial charge >= 0.3 is 0 Å². The molecule has 1 aromatic heterocycles. The summed E-state index contributed by atoms with van der Waals surface area (Å²) in [7, 11) is -3.70. The van der Waals surface area contributed by atoms with Crippen molar-refractivity contribution >= 4 is 38.4 Å². The van der Waals surface area contributed by atoms with Crippen LogP contribution in [0.2, 0.25) is 5.02 Å². The van der Waals surface area contributed by atoms with Gasteiger partial charge in [0.1, 0.15) is 17.4 Å². The van der Waals surface area contributed by atoms with Crippen molar-refractivity contribution in [3.05, 3.63) is 65.8 Å². The van der Waals surface area contributed by atoms with E-state index in [1.54, 1.807) is 23.2 Å². The quantitative estimate of drug-likeness (QED) is 0.566. The van der Waals surface area contributed by atoms with Gasteiger partial charge in [0.2, 0.25) is 15.9 Å². The molecule has 1 fully saturated rings. The third-order valence-corrected chi connectivity index (χ3v) is 7.12.